The first-order valence-corrected chi connectivity index (χ1v) is 5.25. The van der Waals surface area contributed by atoms with E-state index in [1.54, 1.807) is 4.90 Å². The molecule has 0 aliphatic carbocycles. The number of nitrogens with one attached hydrogen (secondary N) is 1. The van der Waals surface area contributed by atoms with Crippen LogP contribution in [0.3, 0.4) is 0 Å². The van der Waals surface area contributed by atoms with Gasteiger partial charge >= 0.3 is 0 Å². The molecule has 1 N–H and O–H groups in total. The summed E-state index contributed by atoms with van der Waals surface area (Å²) < 4.78 is 5.44. The van der Waals surface area contributed by atoms with Crippen molar-refractivity contribution in [2.75, 3.05) is 39.9 Å². The Labute approximate surface area is 84.6 Å². The fourth-order valence-corrected chi connectivity index (χ4v) is 2.42. The Kier molecular flexibility index (Phi) is 2.49. The molecule has 1 amide bonds. The molecule has 2 aliphatic heterocycles. The Balaban J connectivity index is 2.17. The number of hydrogen-bond donors (Lipinski definition) is 1. The molecule has 4 heteroatoms. The van der Waals surface area contributed by atoms with Gasteiger partial charge in [0.05, 0.1) is 18.6 Å². The number of amides is 1. The minimum atomic E-state index is -0.259. The highest BCUT2D eigenvalue weighted by molar-refractivity contribution is 5.84. The Morgan fingerprint density at radius 3 is 3.21 bits per heavy atom. The molecular weight excluding hydrogens is 180 g/mol. The monoisotopic (exact) mass is 198 g/mol. The van der Waals surface area contributed by atoms with Crippen LogP contribution in [0.4, 0.5) is 0 Å². The lowest BCUT2D eigenvalue weighted by Gasteiger charge is -2.29. The molecule has 80 valence electrons. The molecule has 2 fully saturated rings. The Morgan fingerprint density at radius 2 is 2.50 bits per heavy atom. The largest absolute Gasteiger partial charge is 0.380 e. The Bertz CT molecular complexity index is 232. The van der Waals surface area contributed by atoms with Crippen molar-refractivity contribution >= 4 is 5.91 Å². The van der Waals surface area contributed by atoms with Crippen LogP contribution in [-0.2, 0) is 9.53 Å². The maximum atomic E-state index is 12.2. The molecule has 0 saturated carbocycles. The van der Waals surface area contributed by atoms with Gasteiger partial charge in [0.15, 0.2) is 0 Å². The number of rotatable bonds is 2. The van der Waals surface area contributed by atoms with Gasteiger partial charge in [0.25, 0.3) is 0 Å². The van der Waals surface area contributed by atoms with Crippen molar-refractivity contribution in [1.82, 2.24) is 10.2 Å². The molecule has 0 radical (unpaired) electrons. The Morgan fingerprint density at radius 1 is 1.71 bits per heavy atom. The average Bonchev–Trinajstić information content (AvgIpc) is 2.73. The van der Waals surface area contributed by atoms with Gasteiger partial charge in [0, 0.05) is 32.6 Å². The lowest BCUT2D eigenvalue weighted by atomic mass is 9.80. The van der Waals surface area contributed by atoms with Crippen molar-refractivity contribution in [2.45, 2.75) is 6.92 Å². The van der Waals surface area contributed by atoms with Crippen molar-refractivity contribution in [3.05, 3.63) is 0 Å². The molecule has 0 aromatic rings. The quantitative estimate of drug-likeness (QED) is 0.662. The Hall–Kier alpha value is -0.610. The summed E-state index contributed by atoms with van der Waals surface area (Å²) in [5, 5.41) is 3.30. The van der Waals surface area contributed by atoms with E-state index in [1.807, 2.05) is 14.0 Å². The lowest BCUT2D eigenvalue weighted by molar-refractivity contribution is -0.140. The first-order valence-electron chi connectivity index (χ1n) is 5.25. The van der Waals surface area contributed by atoms with Crippen LogP contribution in [-0.4, -0.2) is 50.7 Å². The van der Waals surface area contributed by atoms with Crippen LogP contribution in [0.25, 0.3) is 0 Å². The van der Waals surface area contributed by atoms with Gasteiger partial charge in [-0.05, 0) is 6.92 Å². The summed E-state index contributed by atoms with van der Waals surface area (Å²) in [7, 11) is 1.87. The van der Waals surface area contributed by atoms with E-state index in [0.29, 0.717) is 12.5 Å². The van der Waals surface area contributed by atoms with Gasteiger partial charge in [0.1, 0.15) is 0 Å². The molecule has 0 aromatic heterocycles. The molecule has 0 spiro atoms. The molecule has 0 aromatic carbocycles. The van der Waals surface area contributed by atoms with E-state index < -0.39 is 0 Å². The van der Waals surface area contributed by atoms with Crippen LogP contribution in [0.5, 0.6) is 0 Å². The summed E-state index contributed by atoms with van der Waals surface area (Å²) in [6.07, 6.45) is 0. The first kappa shape index (κ1) is 9.93. The maximum Gasteiger partial charge on any atom is 0.232 e. The first-order chi connectivity index (χ1) is 6.70. The number of nitrogens with zero attached hydrogens (tertiary/aromatic N) is 1. The molecule has 0 bridgehead atoms. The predicted octanol–water partition coefficient (Wildman–Crippen LogP) is -0.299. The van der Waals surface area contributed by atoms with Crippen molar-refractivity contribution < 1.29 is 9.53 Å². The van der Waals surface area contributed by atoms with Gasteiger partial charge in [-0.1, -0.05) is 0 Å². The fourth-order valence-electron chi connectivity index (χ4n) is 2.42. The zero-order valence-electron chi connectivity index (χ0n) is 8.88. The molecule has 14 heavy (non-hydrogen) atoms. The third kappa shape index (κ3) is 1.25. The topological polar surface area (TPSA) is 41.6 Å². The van der Waals surface area contributed by atoms with Gasteiger partial charge in [-0.25, -0.2) is 0 Å². The normalized spacial score (nSPS) is 35.7. The highest BCUT2D eigenvalue weighted by Crippen LogP contribution is 2.38. The third-order valence-corrected chi connectivity index (χ3v) is 3.54. The van der Waals surface area contributed by atoms with Crippen LogP contribution < -0.4 is 5.32 Å². The van der Waals surface area contributed by atoms with E-state index in [4.69, 9.17) is 4.74 Å². The number of ether oxygens (including phenoxy) is 1. The summed E-state index contributed by atoms with van der Waals surface area (Å²) >= 11 is 0. The molecule has 2 heterocycles. The van der Waals surface area contributed by atoms with Crippen LogP contribution in [0, 0.1) is 11.3 Å². The minimum Gasteiger partial charge on any atom is -0.380 e. The summed E-state index contributed by atoms with van der Waals surface area (Å²) in [5.74, 6) is 0.622. The summed E-state index contributed by atoms with van der Waals surface area (Å²) in [6.45, 7) is 5.79. The second kappa shape index (κ2) is 3.51. The second-order valence-electron chi connectivity index (χ2n) is 4.32. The van der Waals surface area contributed by atoms with Gasteiger partial charge in [-0.3, -0.25) is 4.79 Å². The molecule has 2 saturated heterocycles. The second-order valence-corrected chi connectivity index (χ2v) is 4.32. The van der Waals surface area contributed by atoms with Crippen molar-refractivity contribution in [3.63, 3.8) is 0 Å². The highest BCUT2D eigenvalue weighted by Gasteiger charge is 2.53. The van der Waals surface area contributed by atoms with Gasteiger partial charge in [-0.2, -0.15) is 0 Å². The average molecular weight is 198 g/mol. The van der Waals surface area contributed by atoms with Crippen LogP contribution in [0.2, 0.25) is 0 Å². The standard InChI is InChI=1S/C10H18N2O2/c1-3-12(2)9(13)10-6-11-4-8(10)5-14-7-10/h8,11H,3-7H2,1-2H3/t8-,10-/m0/s1. The number of carbonyl (C=O) groups is 1. The number of hydrogen-bond acceptors (Lipinski definition) is 3. The van der Waals surface area contributed by atoms with Gasteiger partial charge < -0.3 is 15.0 Å². The molecule has 4 nitrogen and oxygen atoms in total. The van der Waals surface area contributed by atoms with E-state index in [9.17, 15) is 4.79 Å². The van der Waals surface area contributed by atoms with Gasteiger partial charge in [0.2, 0.25) is 5.91 Å². The van der Waals surface area contributed by atoms with Crippen LogP contribution >= 0.6 is 0 Å². The summed E-state index contributed by atoms with van der Waals surface area (Å²) in [5.41, 5.74) is -0.259. The van der Waals surface area contributed by atoms with Crippen LogP contribution in [0.15, 0.2) is 0 Å². The lowest BCUT2D eigenvalue weighted by Crippen LogP contribution is -2.47. The summed E-state index contributed by atoms with van der Waals surface area (Å²) in [4.78, 5) is 14.0. The highest BCUT2D eigenvalue weighted by atomic mass is 16.5. The predicted molar refractivity (Wildman–Crippen MR) is 52.9 cm³/mol. The zero-order valence-corrected chi connectivity index (χ0v) is 8.88. The molecule has 0 unspecified atom stereocenters. The van der Waals surface area contributed by atoms with E-state index in [1.165, 1.54) is 0 Å². The van der Waals surface area contributed by atoms with E-state index in [0.717, 1.165) is 26.2 Å². The van der Waals surface area contributed by atoms with Crippen molar-refractivity contribution in [3.8, 4) is 0 Å². The van der Waals surface area contributed by atoms with Crippen molar-refractivity contribution in [2.24, 2.45) is 11.3 Å². The molecule has 2 rings (SSSR count). The van der Waals surface area contributed by atoms with Crippen molar-refractivity contribution in [1.29, 1.82) is 0 Å². The molecular formula is C10H18N2O2. The number of fused-ring (bicyclic) bond motifs is 1. The smallest absolute Gasteiger partial charge is 0.232 e. The van der Waals surface area contributed by atoms with Gasteiger partial charge in [-0.15, -0.1) is 0 Å². The maximum absolute atomic E-state index is 12.2. The van der Waals surface area contributed by atoms with E-state index >= 15 is 0 Å². The zero-order chi connectivity index (χ0) is 10.2. The van der Waals surface area contributed by atoms with E-state index in [2.05, 4.69) is 5.32 Å². The third-order valence-electron chi connectivity index (χ3n) is 3.54. The summed E-state index contributed by atoms with van der Waals surface area (Å²) in [6, 6.07) is 0. The number of carbonyl (C=O) groups excluding carboxylic acids is 1. The fraction of sp³-hybridized carbons (Fsp3) is 0.900. The SMILES string of the molecule is CCN(C)C(=O)[C@]12CNC[C@H]1COC2. The molecule has 2 aliphatic rings. The van der Waals surface area contributed by atoms with Crippen LogP contribution in [0.1, 0.15) is 6.92 Å². The van der Waals surface area contributed by atoms with E-state index in [-0.39, 0.29) is 11.3 Å². The molecule has 2 atom stereocenters. The minimum absolute atomic E-state index is 0.243.